The minimum Gasteiger partial charge on any atom is -0.369 e. The summed E-state index contributed by atoms with van der Waals surface area (Å²) >= 11 is 12.1. The van der Waals surface area contributed by atoms with Crippen LogP contribution < -0.4 is 15.8 Å². The maximum atomic E-state index is 13.6. The molecule has 12 heteroatoms. The summed E-state index contributed by atoms with van der Waals surface area (Å²) in [4.78, 5) is 6.31. The first-order valence-corrected chi connectivity index (χ1v) is 12.4. The molecule has 9 nitrogen and oxygen atoms in total. The average molecular weight is 506 g/mol. The molecule has 172 valence electrons. The van der Waals surface area contributed by atoms with Gasteiger partial charge in [-0.25, -0.2) is 8.42 Å². The maximum absolute atomic E-state index is 13.6. The van der Waals surface area contributed by atoms with Crippen LogP contribution in [0.15, 0.2) is 58.5 Å². The number of halogens is 2. The van der Waals surface area contributed by atoms with Crippen LogP contribution in [0.1, 0.15) is 23.7 Å². The van der Waals surface area contributed by atoms with Crippen LogP contribution in [0.4, 0.5) is 11.5 Å². The van der Waals surface area contributed by atoms with Gasteiger partial charge in [-0.15, -0.1) is 0 Å². The Morgan fingerprint density at radius 3 is 2.70 bits per heavy atom. The molecule has 0 spiro atoms. The van der Waals surface area contributed by atoms with Crippen LogP contribution in [0.2, 0.25) is 10.0 Å². The molecule has 0 aliphatic carbocycles. The number of hydrogen-bond acceptors (Lipinski definition) is 7. The molecule has 0 saturated carbocycles. The lowest BCUT2D eigenvalue weighted by Gasteiger charge is -2.38. The lowest BCUT2D eigenvalue weighted by atomic mass is 10.0. The lowest BCUT2D eigenvalue weighted by molar-refractivity contribution is 0.226. The van der Waals surface area contributed by atoms with Crippen molar-refractivity contribution in [1.82, 2.24) is 15.1 Å². The number of nitrogens with one attached hydrogen (secondary N) is 1. The minimum absolute atomic E-state index is 0.0731. The average Bonchev–Trinajstić information content (AvgIpc) is 3.16. The van der Waals surface area contributed by atoms with Crippen molar-refractivity contribution in [3.63, 3.8) is 0 Å². The molecule has 2 unspecified atom stereocenters. The summed E-state index contributed by atoms with van der Waals surface area (Å²) in [7, 11) is -3.89. The Morgan fingerprint density at radius 2 is 1.91 bits per heavy atom. The van der Waals surface area contributed by atoms with Crippen molar-refractivity contribution in [2.45, 2.75) is 29.9 Å². The molecule has 0 fully saturated rings. The van der Waals surface area contributed by atoms with Crippen molar-refractivity contribution in [3.05, 3.63) is 69.8 Å². The van der Waals surface area contributed by atoms with Gasteiger partial charge in [-0.05, 0) is 42.7 Å². The van der Waals surface area contributed by atoms with Gasteiger partial charge in [0.25, 0.3) is 10.0 Å². The van der Waals surface area contributed by atoms with Gasteiger partial charge in [-0.1, -0.05) is 41.4 Å². The summed E-state index contributed by atoms with van der Waals surface area (Å²) in [6, 6.07) is 11.5. The number of nitrogens with zero attached hydrogens (tertiary/aromatic N) is 4. The number of rotatable bonds is 3. The topological polar surface area (TPSA) is 134 Å². The number of aliphatic imine (C=N–C) groups is 1. The standard InChI is InChI=1S/C21H21Cl2N7O2S/c22-16-6-5-14(10-17(16)23)33(31,32)29-8-7-13(9-12-3-1-2-4-18(12)29)30-19(24)15-11-26-28-20(15)27-21(30)25/h1-6,10-11,13,19H,7-9,24H2,(H3,25,26,27,28). The van der Waals surface area contributed by atoms with Crippen LogP contribution in [0.3, 0.4) is 0 Å². The summed E-state index contributed by atoms with van der Waals surface area (Å²) < 4.78 is 28.7. The molecule has 0 bridgehead atoms. The normalized spacial score (nSPS) is 20.6. The third-order valence-electron chi connectivity index (χ3n) is 6.01. The highest BCUT2D eigenvalue weighted by atomic mass is 35.5. The number of guanidine groups is 1. The second-order valence-corrected chi connectivity index (χ2v) is 10.6. The molecule has 5 N–H and O–H groups in total. The van der Waals surface area contributed by atoms with Crippen molar-refractivity contribution in [1.29, 1.82) is 0 Å². The minimum atomic E-state index is -3.89. The fourth-order valence-electron chi connectivity index (χ4n) is 4.39. The van der Waals surface area contributed by atoms with E-state index in [1.54, 1.807) is 12.3 Å². The van der Waals surface area contributed by atoms with Crippen LogP contribution in [0.25, 0.3) is 0 Å². The molecular formula is C21H21Cl2N7O2S. The van der Waals surface area contributed by atoms with E-state index in [1.807, 2.05) is 23.1 Å². The van der Waals surface area contributed by atoms with Crippen molar-refractivity contribution >= 4 is 50.7 Å². The molecule has 0 saturated heterocycles. The largest absolute Gasteiger partial charge is 0.369 e. The molecule has 33 heavy (non-hydrogen) atoms. The van der Waals surface area contributed by atoms with Gasteiger partial charge in [0.15, 0.2) is 11.8 Å². The third-order valence-corrected chi connectivity index (χ3v) is 8.56. The predicted molar refractivity (Wildman–Crippen MR) is 128 cm³/mol. The second kappa shape index (κ2) is 8.21. The number of fused-ring (bicyclic) bond motifs is 2. The number of H-pyrrole nitrogens is 1. The van der Waals surface area contributed by atoms with E-state index < -0.39 is 16.2 Å². The molecule has 2 atom stereocenters. The number of anilines is 1. The van der Waals surface area contributed by atoms with Crippen molar-refractivity contribution in [2.75, 3.05) is 10.8 Å². The molecule has 0 radical (unpaired) electrons. The van der Waals surface area contributed by atoms with Crippen molar-refractivity contribution in [2.24, 2.45) is 16.5 Å². The highest BCUT2D eigenvalue weighted by Crippen LogP contribution is 2.37. The number of hydrogen-bond donors (Lipinski definition) is 3. The zero-order valence-electron chi connectivity index (χ0n) is 17.3. The van der Waals surface area contributed by atoms with Crippen molar-refractivity contribution in [3.8, 4) is 0 Å². The van der Waals surface area contributed by atoms with Crippen molar-refractivity contribution < 1.29 is 8.42 Å². The number of sulfonamides is 1. The molecule has 2 aromatic carbocycles. The Bertz CT molecular complexity index is 1360. The van der Waals surface area contributed by atoms with E-state index in [4.69, 9.17) is 34.7 Å². The van der Waals surface area contributed by atoms with E-state index in [0.717, 1.165) is 11.1 Å². The van der Waals surface area contributed by atoms with Gasteiger partial charge in [0.1, 0.15) is 6.17 Å². The lowest BCUT2D eigenvalue weighted by Crippen LogP contribution is -2.52. The van der Waals surface area contributed by atoms with Crippen LogP contribution in [-0.4, -0.2) is 42.1 Å². The van der Waals surface area contributed by atoms with Gasteiger partial charge in [0, 0.05) is 12.6 Å². The number of benzene rings is 2. The van der Waals surface area contributed by atoms with Gasteiger partial charge in [0.2, 0.25) is 0 Å². The van der Waals surface area contributed by atoms with E-state index in [0.29, 0.717) is 29.4 Å². The Labute approximate surface area is 201 Å². The quantitative estimate of drug-likeness (QED) is 0.500. The highest BCUT2D eigenvalue weighted by Gasteiger charge is 2.37. The van der Waals surface area contributed by atoms with Gasteiger partial charge in [-0.3, -0.25) is 9.40 Å². The smallest absolute Gasteiger partial charge is 0.264 e. The van der Waals surface area contributed by atoms with Gasteiger partial charge < -0.3 is 16.4 Å². The zero-order valence-corrected chi connectivity index (χ0v) is 19.6. The first-order valence-electron chi connectivity index (χ1n) is 10.2. The van der Waals surface area contributed by atoms with E-state index in [-0.39, 0.29) is 28.5 Å². The number of para-hydroxylation sites is 1. The maximum Gasteiger partial charge on any atom is 0.264 e. The summed E-state index contributed by atoms with van der Waals surface area (Å²) in [5.41, 5.74) is 15.0. The van der Waals surface area contributed by atoms with E-state index in [1.165, 1.54) is 22.5 Å². The van der Waals surface area contributed by atoms with Gasteiger partial charge >= 0.3 is 0 Å². The first-order chi connectivity index (χ1) is 15.8. The van der Waals surface area contributed by atoms with E-state index in [2.05, 4.69) is 15.2 Å². The number of aromatic nitrogens is 2. The first kappa shape index (κ1) is 22.0. The molecule has 2 aliphatic rings. The number of aromatic amines is 1. The molecule has 3 heterocycles. The summed E-state index contributed by atoms with van der Waals surface area (Å²) in [5, 5.41) is 7.27. The molecule has 3 aromatic rings. The summed E-state index contributed by atoms with van der Waals surface area (Å²) in [5.74, 6) is 0.802. The molecule has 2 aliphatic heterocycles. The Morgan fingerprint density at radius 1 is 1.12 bits per heavy atom. The zero-order chi connectivity index (χ0) is 23.3. The number of nitrogens with two attached hydrogens (primary N) is 2. The van der Waals surface area contributed by atoms with E-state index >= 15 is 0 Å². The van der Waals surface area contributed by atoms with E-state index in [9.17, 15) is 8.42 Å². The fourth-order valence-corrected chi connectivity index (χ4v) is 6.30. The monoisotopic (exact) mass is 505 g/mol. The third kappa shape index (κ3) is 3.72. The Hall–Kier alpha value is -2.79. The van der Waals surface area contributed by atoms with Crippen LogP contribution in [0.5, 0.6) is 0 Å². The molecule has 0 amide bonds. The summed E-state index contributed by atoms with van der Waals surface area (Å²) in [6.07, 6.45) is 2.10. The predicted octanol–water partition coefficient (Wildman–Crippen LogP) is 3.15. The fraction of sp³-hybridized carbons (Fsp3) is 0.238. The highest BCUT2D eigenvalue weighted by molar-refractivity contribution is 7.92. The Balaban J connectivity index is 1.53. The molecular weight excluding hydrogens is 485 g/mol. The second-order valence-electron chi connectivity index (χ2n) is 7.92. The SMILES string of the molecule is NC1=Nc2[nH]ncc2C(N)N1C1CCN(S(=O)(=O)c2ccc(Cl)c(Cl)c2)c2ccccc2C1. The van der Waals surface area contributed by atoms with Gasteiger partial charge in [-0.2, -0.15) is 10.1 Å². The van der Waals surface area contributed by atoms with Crippen LogP contribution >= 0.6 is 23.2 Å². The van der Waals surface area contributed by atoms with Crippen LogP contribution in [-0.2, 0) is 16.4 Å². The van der Waals surface area contributed by atoms with Gasteiger partial charge in [0.05, 0.1) is 32.4 Å². The van der Waals surface area contributed by atoms with Crippen LogP contribution in [0, 0.1) is 0 Å². The Kier molecular flexibility index (Phi) is 5.48. The summed E-state index contributed by atoms with van der Waals surface area (Å²) in [6.45, 7) is 0.221. The molecule has 1 aromatic heterocycles. The molecule has 5 rings (SSSR count).